The van der Waals surface area contributed by atoms with E-state index < -0.39 is 0 Å². The molecular formula is C15H18N2O2. The molecule has 4 nitrogen and oxygen atoms in total. The van der Waals surface area contributed by atoms with Gasteiger partial charge in [0.2, 0.25) is 0 Å². The molecule has 0 aliphatic heterocycles. The Balaban J connectivity index is 2.72. The van der Waals surface area contributed by atoms with Crippen LogP contribution in [-0.2, 0) is 4.79 Å². The number of amides is 1. The van der Waals surface area contributed by atoms with Gasteiger partial charge in [0, 0.05) is 6.54 Å². The Labute approximate surface area is 113 Å². The molecule has 1 aromatic carbocycles. The maximum Gasteiger partial charge on any atom is 0.261 e. The SMILES string of the molecule is CC(C)CCNC(=O)/C(C#N)=C/c1cccc(O)c1. The molecule has 1 amide bonds. The number of carbonyl (C=O) groups is 1. The normalized spacial score (nSPS) is 11.2. The zero-order valence-corrected chi connectivity index (χ0v) is 11.2. The fourth-order valence-electron chi connectivity index (χ4n) is 1.50. The van der Waals surface area contributed by atoms with E-state index in [-0.39, 0.29) is 17.2 Å². The molecule has 0 aliphatic rings. The van der Waals surface area contributed by atoms with Gasteiger partial charge in [0.25, 0.3) is 5.91 Å². The van der Waals surface area contributed by atoms with Crippen molar-refractivity contribution in [1.82, 2.24) is 5.32 Å². The summed E-state index contributed by atoms with van der Waals surface area (Å²) < 4.78 is 0. The van der Waals surface area contributed by atoms with Crippen LogP contribution in [0.1, 0.15) is 25.8 Å². The summed E-state index contributed by atoms with van der Waals surface area (Å²) in [4.78, 5) is 11.8. The summed E-state index contributed by atoms with van der Waals surface area (Å²) >= 11 is 0. The fourth-order valence-corrected chi connectivity index (χ4v) is 1.50. The predicted molar refractivity (Wildman–Crippen MR) is 74.2 cm³/mol. The van der Waals surface area contributed by atoms with Gasteiger partial charge in [0.15, 0.2) is 0 Å². The Morgan fingerprint density at radius 2 is 2.26 bits per heavy atom. The van der Waals surface area contributed by atoms with E-state index in [1.165, 1.54) is 18.2 Å². The number of phenols is 1. The molecule has 100 valence electrons. The van der Waals surface area contributed by atoms with Gasteiger partial charge in [-0.1, -0.05) is 26.0 Å². The quantitative estimate of drug-likeness (QED) is 0.629. The van der Waals surface area contributed by atoms with Crippen molar-refractivity contribution in [3.8, 4) is 11.8 Å². The highest BCUT2D eigenvalue weighted by molar-refractivity contribution is 6.01. The number of benzene rings is 1. The third-order valence-electron chi connectivity index (χ3n) is 2.55. The molecule has 0 radical (unpaired) electrons. The monoisotopic (exact) mass is 258 g/mol. The number of nitrogens with one attached hydrogen (secondary N) is 1. The van der Waals surface area contributed by atoms with Crippen LogP contribution in [0.3, 0.4) is 0 Å². The fraction of sp³-hybridized carbons (Fsp3) is 0.333. The average molecular weight is 258 g/mol. The molecule has 2 N–H and O–H groups in total. The summed E-state index contributed by atoms with van der Waals surface area (Å²) in [7, 11) is 0. The van der Waals surface area contributed by atoms with Crippen molar-refractivity contribution in [1.29, 1.82) is 5.26 Å². The standard InChI is InChI=1S/C15H18N2O2/c1-11(2)6-7-17-15(19)13(10-16)8-12-4-3-5-14(18)9-12/h3-5,8-9,11,18H,6-7H2,1-2H3,(H,17,19)/b13-8+. The molecule has 0 spiro atoms. The number of rotatable bonds is 5. The number of aromatic hydroxyl groups is 1. The van der Waals surface area contributed by atoms with Crippen LogP contribution < -0.4 is 5.32 Å². The van der Waals surface area contributed by atoms with E-state index in [2.05, 4.69) is 19.2 Å². The van der Waals surface area contributed by atoms with Gasteiger partial charge >= 0.3 is 0 Å². The van der Waals surface area contributed by atoms with Crippen LogP contribution in [0.25, 0.3) is 6.08 Å². The molecule has 0 heterocycles. The second-order valence-electron chi connectivity index (χ2n) is 4.70. The van der Waals surface area contributed by atoms with Crippen LogP contribution in [0.5, 0.6) is 5.75 Å². The molecule has 0 atom stereocenters. The van der Waals surface area contributed by atoms with Crippen LogP contribution in [0.2, 0.25) is 0 Å². The topological polar surface area (TPSA) is 73.1 Å². The molecule has 0 saturated carbocycles. The van der Waals surface area contributed by atoms with Crippen molar-refractivity contribution >= 4 is 12.0 Å². The van der Waals surface area contributed by atoms with E-state index in [0.717, 1.165) is 6.42 Å². The van der Waals surface area contributed by atoms with Crippen molar-refractivity contribution in [3.63, 3.8) is 0 Å². The van der Waals surface area contributed by atoms with Crippen LogP contribution >= 0.6 is 0 Å². The highest BCUT2D eigenvalue weighted by Gasteiger charge is 2.08. The smallest absolute Gasteiger partial charge is 0.261 e. The third kappa shape index (κ3) is 5.26. The zero-order chi connectivity index (χ0) is 14.3. The average Bonchev–Trinajstić information content (AvgIpc) is 2.35. The summed E-state index contributed by atoms with van der Waals surface area (Å²) in [6, 6.07) is 8.29. The summed E-state index contributed by atoms with van der Waals surface area (Å²) in [5.74, 6) is 0.221. The van der Waals surface area contributed by atoms with Gasteiger partial charge in [-0.15, -0.1) is 0 Å². The molecule has 0 bridgehead atoms. The second kappa shape index (κ2) is 7.22. The summed E-state index contributed by atoms with van der Waals surface area (Å²) in [6.07, 6.45) is 2.33. The first-order chi connectivity index (χ1) is 9.02. The minimum Gasteiger partial charge on any atom is -0.508 e. The maximum absolute atomic E-state index is 11.8. The second-order valence-corrected chi connectivity index (χ2v) is 4.70. The van der Waals surface area contributed by atoms with Gasteiger partial charge in [-0.3, -0.25) is 4.79 Å². The number of hydrogen-bond donors (Lipinski definition) is 2. The van der Waals surface area contributed by atoms with E-state index in [9.17, 15) is 9.90 Å². The van der Waals surface area contributed by atoms with Gasteiger partial charge < -0.3 is 10.4 Å². The van der Waals surface area contributed by atoms with Crippen molar-refractivity contribution in [2.75, 3.05) is 6.54 Å². The van der Waals surface area contributed by atoms with E-state index in [4.69, 9.17) is 5.26 Å². The Bertz CT molecular complexity index is 513. The first kappa shape index (κ1) is 14.8. The molecule has 1 aromatic rings. The minimum atomic E-state index is -0.383. The van der Waals surface area contributed by atoms with Gasteiger partial charge in [0.1, 0.15) is 17.4 Å². The predicted octanol–water partition coefficient (Wildman–Crippen LogP) is 2.46. The number of nitrogens with zero attached hydrogens (tertiary/aromatic N) is 1. The van der Waals surface area contributed by atoms with Gasteiger partial charge in [0.05, 0.1) is 0 Å². The molecule has 1 rings (SSSR count). The Morgan fingerprint density at radius 3 is 2.84 bits per heavy atom. The lowest BCUT2D eigenvalue weighted by Crippen LogP contribution is -2.26. The van der Waals surface area contributed by atoms with E-state index in [1.807, 2.05) is 6.07 Å². The van der Waals surface area contributed by atoms with Gasteiger partial charge in [-0.05, 0) is 36.1 Å². The van der Waals surface area contributed by atoms with Crippen molar-refractivity contribution < 1.29 is 9.90 Å². The van der Waals surface area contributed by atoms with E-state index in [1.54, 1.807) is 12.1 Å². The Hall–Kier alpha value is -2.28. The molecule has 0 aromatic heterocycles. The van der Waals surface area contributed by atoms with Gasteiger partial charge in [-0.25, -0.2) is 0 Å². The lowest BCUT2D eigenvalue weighted by molar-refractivity contribution is -0.117. The third-order valence-corrected chi connectivity index (χ3v) is 2.55. The highest BCUT2D eigenvalue weighted by atomic mass is 16.3. The zero-order valence-electron chi connectivity index (χ0n) is 11.2. The lowest BCUT2D eigenvalue weighted by Gasteiger charge is -2.06. The van der Waals surface area contributed by atoms with Crippen LogP contribution in [0.4, 0.5) is 0 Å². The van der Waals surface area contributed by atoms with Crippen molar-refractivity contribution in [2.45, 2.75) is 20.3 Å². The number of hydrogen-bond acceptors (Lipinski definition) is 3. The van der Waals surface area contributed by atoms with E-state index >= 15 is 0 Å². The molecule has 0 saturated heterocycles. The summed E-state index contributed by atoms with van der Waals surface area (Å²) in [5.41, 5.74) is 0.657. The van der Waals surface area contributed by atoms with Crippen molar-refractivity contribution in [2.24, 2.45) is 5.92 Å². The largest absolute Gasteiger partial charge is 0.508 e. The van der Waals surface area contributed by atoms with Crippen LogP contribution in [-0.4, -0.2) is 17.6 Å². The first-order valence-electron chi connectivity index (χ1n) is 6.22. The van der Waals surface area contributed by atoms with Gasteiger partial charge in [-0.2, -0.15) is 5.26 Å². The Morgan fingerprint density at radius 1 is 1.53 bits per heavy atom. The summed E-state index contributed by atoms with van der Waals surface area (Å²) in [5, 5.41) is 21.0. The van der Waals surface area contributed by atoms with Crippen LogP contribution in [0, 0.1) is 17.2 Å². The molecule has 0 fully saturated rings. The molecular weight excluding hydrogens is 240 g/mol. The van der Waals surface area contributed by atoms with Crippen molar-refractivity contribution in [3.05, 3.63) is 35.4 Å². The Kier molecular flexibility index (Phi) is 5.62. The molecule has 0 aliphatic carbocycles. The molecule has 4 heteroatoms. The number of carbonyl (C=O) groups excluding carboxylic acids is 1. The first-order valence-corrected chi connectivity index (χ1v) is 6.22. The summed E-state index contributed by atoms with van der Waals surface area (Å²) in [6.45, 7) is 4.69. The van der Waals surface area contributed by atoms with Crippen LogP contribution in [0.15, 0.2) is 29.8 Å². The lowest BCUT2D eigenvalue weighted by atomic mass is 10.1. The molecule has 19 heavy (non-hydrogen) atoms. The number of phenolic OH excluding ortho intramolecular Hbond substituents is 1. The minimum absolute atomic E-state index is 0.0364. The van der Waals surface area contributed by atoms with E-state index in [0.29, 0.717) is 18.0 Å². The maximum atomic E-state index is 11.8. The molecule has 0 unspecified atom stereocenters. The highest BCUT2D eigenvalue weighted by Crippen LogP contribution is 2.14. The number of nitriles is 1.